The van der Waals surface area contributed by atoms with Gasteiger partial charge in [-0.1, -0.05) is 60.7 Å². The van der Waals surface area contributed by atoms with E-state index < -0.39 is 24.1 Å². The maximum atomic E-state index is 10.9. The summed E-state index contributed by atoms with van der Waals surface area (Å²) in [6.07, 6.45) is -1.85. The largest absolute Gasteiger partial charge is 0.390 e. The molecule has 156 valence electrons. The van der Waals surface area contributed by atoms with Crippen LogP contribution in [0.1, 0.15) is 44.4 Å². The fourth-order valence-electron chi connectivity index (χ4n) is 4.26. The Morgan fingerprint density at radius 2 is 1.66 bits per heavy atom. The van der Waals surface area contributed by atoms with Gasteiger partial charge in [-0.3, -0.25) is 0 Å². The van der Waals surface area contributed by atoms with Crippen LogP contribution in [0.25, 0.3) is 0 Å². The molecule has 1 saturated carbocycles. The van der Waals surface area contributed by atoms with Crippen molar-refractivity contribution in [3.8, 4) is 0 Å². The molecule has 0 aromatic heterocycles. The molecule has 2 aromatic carbocycles. The Morgan fingerprint density at radius 3 is 2.34 bits per heavy atom. The molecule has 4 rings (SSSR count). The van der Waals surface area contributed by atoms with Crippen molar-refractivity contribution in [1.29, 1.82) is 0 Å². The summed E-state index contributed by atoms with van der Waals surface area (Å²) in [6, 6.07) is 20.0. The molecule has 5 nitrogen and oxygen atoms in total. The van der Waals surface area contributed by atoms with Gasteiger partial charge in [0.15, 0.2) is 5.79 Å². The molecule has 0 spiro atoms. The minimum Gasteiger partial charge on any atom is -0.390 e. The van der Waals surface area contributed by atoms with E-state index >= 15 is 0 Å². The van der Waals surface area contributed by atoms with E-state index in [0.29, 0.717) is 13.0 Å². The first-order valence-corrected chi connectivity index (χ1v) is 10.3. The molecule has 1 heterocycles. The lowest BCUT2D eigenvalue weighted by molar-refractivity contribution is -0.209. The topological polar surface area (TPSA) is 57.2 Å². The highest BCUT2D eigenvalue weighted by Crippen LogP contribution is 2.40. The standard InChI is InChI=1S/C24H30O5/c1-16(18-12-8-5-9-13-18)27-21-19(25)14-20-22(29-24(2,3)28-20)23(21)26-15-17-10-6-4-7-11-17/h4-13,16,19-23,25H,14-15H2,1-3H3/t16-,19-,20+,21-,22+,23+/m1/s1. The SMILES string of the molecule is C[C@@H](O[C@H]1[C@H](OCc2ccccc2)[C@H]2OC(C)(C)O[C@H]2C[C@H]1O)c1ccccc1. The van der Waals surface area contributed by atoms with Gasteiger partial charge in [-0.25, -0.2) is 0 Å². The third-order valence-electron chi connectivity index (χ3n) is 5.64. The number of hydrogen-bond donors (Lipinski definition) is 1. The second-order valence-corrected chi connectivity index (χ2v) is 8.36. The summed E-state index contributed by atoms with van der Waals surface area (Å²) in [4.78, 5) is 0. The van der Waals surface area contributed by atoms with Crippen molar-refractivity contribution in [3.05, 3.63) is 71.8 Å². The minimum atomic E-state index is -0.705. The summed E-state index contributed by atoms with van der Waals surface area (Å²) in [5.74, 6) is -0.705. The predicted octanol–water partition coefficient (Wildman–Crippen LogP) is 4.00. The van der Waals surface area contributed by atoms with Gasteiger partial charge in [0.05, 0.1) is 24.9 Å². The van der Waals surface area contributed by atoms with Gasteiger partial charge in [0.2, 0.25) is 0 Å². The van der Waals surface area contributed by atoms with E-state index in [1.807, 2.05) is 81.4 Å². The lowest BCUT2D eigenvalue weighted by Gasteiger charge is -2.41. The summed E-state index contributed by atoms with van der Waals surface area (Å²) >= 11 is 0. The molecular formula is C24H30O5. The molecule has 1 saturated heterocycles. The van der Waals surface area contributed by atoms with Gasteiger partial charge in [-0.15, -0.1) is 0 Å². The molecule has 2 aliphatic rings. The van der Waals surface area contributed by atoms with Crippen LogP contribution in [0.15, 0.2) is 60.7 Å². The second-order valence-electron chi connectivity index (χ2n) is 8.36. The van der Waals surface area contributed by atoms with Crippen LogP contribution in [0.2, 0.25) is 0 Å². The molecule has 1 N–H and O–H groups in total. The zero-order chi connectivity index (χ0) is 20.4. The van der Waals surface area contributed by atoms with Gasteiger partial charge in [-0.05, 0) is 31.9 Å². The number of rotatable bonds is 6. The van der Waals surface area contributed by atoms with Crippen molar-refractivity contribution in [2.75, 3.05) is 0 Å². The van der Waals surface area contributed by atoms with E-state index in [9.17, 15) is 5.11 Å². The summed E-state index contributed by atoms with van der Waals surface area (Å²) in [5, 5.41) is 10.9. The number of aliphatic hydroxyl groups excluding tert-OH is 1. The van der Waals surface area contributed by atoms with E-state index in [2.05, 4.69) is 0 Å². The lowest BCUT2D eigenvalue weighted by atomic mass is 9.86. The molecule has 5 heteroatoms. The van der Waals surface area contributed by atoms with Crippen molar-refractivity contribution in [1.82, 2.24) is 0 Å². The molecule has 2 fully saturated rings. The normalized spacial score (nSPS) is 31.9. The third kappa shape index (κ3) is 4.71. The number of benzene rings is 2. The fourth-order valence-corrected chi connectivity index (χ4v) is 4.26. The third-order valence-corrected chi connectivity index (χ3v) is 5.64. The number of aliphatic hydroxyl groups is 1. The lowest BCUT2D eigenvalue weighted by Crippen LogP contribution is -2.57. The zero-order valence-electron chi connectivity index (χ0n) is 17.2. The Bertz CT molecular complexity index is 778. The van der Waals surface area contributed by atoms with E-state index in [1.165, 1.54) is 0 Å². The van der Waals surface area contributed by atoms with Crippen molar-refractivity contribution in [3.63, 3.8) is 0 Å². The highest BCUT2D eigenvalue weighted by Gasteiger charge is 2.54. The highest BCUT2D eigenvalue weighted by molar-refractivity contribution is 5.17. The van der Waals surface area contributed by atoms with Gasteiger partial charge >= 0.3 is 0 Å². The van der Waals surface area contributed by atoms with Crippen LogP contribution in [-0.4, -0.2) is 41.4 Å². The van der Waals surface area contributed by atoms with Crippen molar-refractivity contribution in [2.45, 2.75) is 76.2 Å². The molecule has 2 aromatic rings. The van der Waals surface area contributed by atoms with E-state index in [0.717, 1.165) is 11.1 Å². The van der Waals surface area contributed by atoms with Crippen LogP contribution in [0.5, 0.6) is 0 Å². The Labute approximate surface area is 172 Å². The van der Waals surface area contributed by atoms with Crippen LogP contribution in [0.3, 0.4) is 0 Å². The Kier molecular flexibility index (Phi) is 6.04. The molecule has 1 aliphatic heterocycles. The van der Waals surface area contributed by atoms with Crippen LogP contribution in [0, 0.1) is 0 Å². The first kappa shape index (κ1) is 20.5. The molecular weight excluding hydrogens is 368 g/mol. The average Bonchev–Trinajstić information content (AvgIpc) is 3.02. The summed E-state index contributed by atoms with van der Waals surface area (Å²) in [5.41, 5.74) is 2.13. The molecule has 0 radical (unpaired) electrons. The molecule has 6 atom stereocenters. The second kappa shape index (κ2) is 8.54. The van der Waals surface area contributed by atoms with Crippen LogP contribution in [-0.2, 0) is 25.6 Å². The maximum Gasteiger partial charge on any atom is 0.163 e. The quantitative estimate of drug-likeness (QED) is 0.797. The van der Waals surface area contributed by atoms with Gasteiger partial charge < -0.3 is 24.1 Å². The van der Waals surface area contributed by atoms with Crippen molar-refractivity contribution >= 4 is 0 Å². The molecule has 0 unspecified atom stereocenters. The Hall–Kier alpha value is -1.76. The van der Waals surface area contributed by atoms with Gasteiger partial charge in [0.1, 0.15) is 18.3 Å². The Balaban J connectivity index is 1.54. The summed E-state index contributed by atoms with van der Waals surface area (Å²) in [6.45, 7) is 6.21. The predicted molar refractivity (Wildman–Crippen MR) is 109 cm³/mol. The van der Waals surface area contributed by atoms with Gasteiger partial charge in [0.25, 0.3) is 0 Å². The minimum absolute atomic E-state index is 0.175. The van der Waals surface area contributed by atoms with Gasteiger partial charge in [0, 0.05) is 6.42 Å². The van der Waals surface area contributed by atoms with Crippen LogP contribution < -0.4 is 0 Å². The first-order valence-electron chi connectivity index (χ1n) is 10.3. The number of hydrogen-bond acceptors (Lipinski definition) is 5. The monoisotopic (exact) mass is 398 g/mol. The van der Waals surface area contributed by atoms with Crippen LogP contribution >= 0.6 is 0 Å². The maximum absolute atomic E-state index is 10.9. The number of fused-ring (bicyclic) bond motifs is 1. The van der Waals surface area contributed by atoms with Crippen molar-refractivity contribution < 1.29 is 24.1 Å². The van der Waals surface area contributed by atoms with Crippen molar-refractivity contribution in [2.24, 2.45) is 0 Å². The number of ether oxygens (including phenoxy) is 4. The van der Waals surface area contributed by atoms with E-state index in [4.69, 9.17) is 18.9 Å². The van der Waals surface area contributed by atoms with E-state index in [1.54, 1.807) is 0 Å². The first-order chi connectivity index (χ1) is 13.9. The van der Waals surface area contributed by atoms with Crippen LogP contribution in [0.4, 0.5) is 0 Å². The van der Waals surface area contributed by atoms with E-state index in [-0.39, 0.29) is 18.3 Å². The average molecular weight is 398 g/mol. The fraction of sp³-hybridized carbons (Fsp3) is 0.500. The zero-order valence-corrected chi connectivity index (χ0v) is 17.2. The molecule has 1 aliphatic carbocycles. The molecule has 0 amide bonds. The highest BCUT2D eigenvalue weighted by atomic mass is 16.8. The Morgan fingerprint density at radius 1 is 1.00 bits per heavy atom. The smallest absolute Gasteiger partial charge is 0.163 e. The van der Waals surface area contributed by atoms with Gasteiger partial charge in [-0.2, -0.15) is 0 Å². The molecule has 29 heavy (non-hydrogen) atoms. The summed E-state index contributed by atoms with van der Waals surface area (Å²) in [7, 11) is 0. The summed E-state index contributed by atoms with van der Waals surface area (Å²) < 4.78 is 24.9. The molecule has 0 bridgehead atoms.